The Labute approximate surface area is 96.3 Å². The van der Waals surface area contributed by atoms with E-state index in [9.17, 15) is 8.42 Å². The molecule has 0 spiro atoms. The number of fused-ring (bicyclic) bond motifs is 1. The minimum atomic E-state index is -3.31. The molecule has 0 atom stereocenters. The van der Waals surface area contributed by atoms with Gasteiger partial charge in [0.05, 0.1) is 12.4 Å². The lowest BCUT2D eigenvalue weighted by molar-refractivity contribution is 0.482. The molecule has 5 heteroatoms. The first-order valence-corrected chi connectivity index (χ1v) is 6.71. The van der Waals surface area contributed by atoms with E-state index in [1.165, 1.54) is 4.31 Å². The van der Waals surface area contributed by atoms with Crippen molar-refractivity contribution in [1.29, 1.82) is 0 Å². The normalized spacial score (nSPS) is 19.2. The van der Waals surface area contributed by atoms with Gasteiger partial charge in [0.2, 0.25) is 10.0 Å². The maximum absolute atomic E-state index is 12.1. The molecule has 0 radical (unpaired) electrons. The second-order valence-electron chi connectivity index (χ2n) is 4.35. The SMILES string of the molecule is CC(C)c1ccc2c(c1)S(=O)(=O)N(C)CN2. The summed E-state index contributed by atoms with van der Waals surface area (Å²) >= 11 is 0. The van der Waals surface area contributed by atoms with Crippen molar-refractivity contribution in [1.82, 2.24) is 4.31 Å². The summed E-state index contributed by atoms with van der Waals surface area (Å²) in [6, 6.07) is 5.57. The predicted octanol–water partition coefficient (Wildman–Crippen LogP) is 1.81. The highest BCUT2D eigenvalue weighted by molar-refractivity contribution is 7.89. The van der Waals surface area contributed by atoms with Gasteiger partial charge < -0.3 is 5.32 Å². The second-order valence-corrected chi connectivity index (χ2v) is 6.36. The molecule has 1 N–H and O–H groups in total. The number of rotatable bonds is 1. The molecule has 0 saturated carbocycles. The monoisotopic (exact) mass is 240 g/mol. The number of nitrogens with one attached hydrogen (secondary N) is 1. The molecule has 0 fully saturated rings. The molecule has 88 valence electrons. The number of benzene rings is 1. The number of sulfonamides is 1. The van der Waals surface area contributed by atoms with Crippen molar-refractivity contribution in [2.75, 3.05) is 19.0 Å². The van der Waals surface area contributed by atoms with Gasteiger partial charge in [0, 0.05) is 7.05 Å². The van der Waals surface area contributed by atoms with Crippen molar-refractivity contribution in [2.45, 2.75) is 24.7 Å². The van der Waals surface area contributed by atoms with E-state index in [4.69, 9.17) is 0 Å². The average molecular weight is 240 g/mol. The van der Waals surface area contributed by atoms with Crippen LogP contribution in [0.3, 0.4) is 0 Å². The van der Waals surface area contributed by atoms with Crippen LogP contribution in [0.2, 0.25) is 0 Å². The summed E-state index contributed by atoms with van der Waals surface area (Å²) in [6.45, 7) is 4.43. The molecule has 1 aromatic carbocycles. The van der Waals surface area contributed by atoms with Gasteiger partial charge in [-0.2, -0.15) is 4.31 Å². The first-order valence-electron chi connectivity index (χ1n) is 5.27. The van der Waals surface area contributed by atoms with E-state index >= 15 is 0 Å². The van der Waals surface area contributed by atoms with Crippen LogP contribution in [-0.2, 0) is 10.0 Å². The van der Waals surface area contributed by atoms with E-state index in [0.717, 1.165) is 5.56 Å². The summed E-state index contributed by atoms with van der Waals surface area (Å²) < 4.78 is 25.4. The first kappa shape index (κ1) is 11.4. The standard InChI is InChI=1S/C11H16N2O2S/c1-8(2)9-4-5-10-11(6-9)16(14,15)13(3)7-12-10/h4-6,8,12H,7H2,1-3H3. The molecule has 1 aliphatic heterocycles. The zero-order valence-electron chi connectivity index (χ0n) is 9.69. The molecule has 1 heterocycles. The number of hydrogen-bond donors (Lipinski definition) is 1. The number of nitrogens with zero attached hydrogens (tertiary/aromatic N) is 1. The van der Waals surface area contributed by atoms with E-state index in [2.05, 4.69) is 5.32 Å². The van der Waals surface area contributed by atoms with Gasteiger partial charge in [0.1, 0.15) is 4.90 Å². The predicted molar refractivity (Wildman–Crippen MR) is 64.0 cm³/mol. The largest absolute Gasteiger partial charge is 0.370 e. The van der Waals surface area contributed by atoms with Gasteiger partial charge in [-0.25, -0.2) is 8.42 Å². The highest BCUT2D eigenvalue weighted by Crippen LogP contribution is 2.30. The van der Waals surface area contributed by atoms with Crippen LogP contribution in [0.1, 0.15) is 25.3 Å². The van der Waals surface area contributed by atoms with Crippen LogP contribution < -0.4 is 5.32 Å². The Bertz CT molecular complexity index is 509. The van der Waals surface area contributed by atoms with Crippen molar-refractivity contribution in [3.05, 3.63) is 23.8 Å². The fourth-order valence-corrected chi connectivity index (χ4v) is 2.98. The molecule has 0 aliphatic carbocycles. The van der Waals surface area contributed by atoms with E-state index in [0.29, 0.717) is 23.2 Å². The summed E-state index contributed by atoms with van der Waals surface area (Å²) in [4.78, 5) is 0.382. The Morgan fingerprint density at radius 1 is 1.38 bits per heavy atom. The van der Waals surface area contributed by atoms with Gasteiger partial charge in [-0.1, -0.05) is 19.9 Å². The molecule has 2 rings (SSSR count). The Balaban J connectivity index is 2.60. The zero-order chi connectivity index (χ0) is 11.9. The van der Waals surface area contributed by atoms with Gasteiger partial charge in [-0.05, 0) is 23.6 Å². The van der Waals surface area contributed by atoms with Gasteiger partial charge in [0.15, 0.2) is 0 Å². The summed E-state index contributed by atoms with van der Waals surface area (Å²) in [5.74, 6) is 0.327. The number of anilines is 1. The van der Waals surface area contributed by atoms with E-state index in [1.54, 1.807) is 13.1 Å². The van der Waals surface area contributed by atoms with Crippen LogP contribution in [0.5, 0.6) is 0 Å². The molecular weight excluding hydrogens is 224 g/mol. The maximum Gasteiger partial charge on any atom is 0.246 e. The minimum absolute atomic E-state index is 0.327. The van der Waals surface area contributed by atoms with Crippen LogP contribution in [0, 0.1) is 0 Å². The van der Waals surface area contributed by atoms with Crippen LogP contribution in [-0.4, -0.2) is 26.4 Å². The second kappa shape index (κ2) is 3.75. The van der Waals surface area contributed by atoms with Gasteiger partial charge in [0.25, 0.3) is 0 Å². The topological polar surface area (TPSA) is 49.4 Å². The van der Waals surface area contributed by atoms with Gasteiger partial charge in [-0.15, -0.1) is 0 Å². The Morgan fingerprint density at radius 2 is 2.06 bits per heavy atom. The molecule has 4 nitrogen and oxygen atoms in total. The van der Waals surface area contributed by atoms with Crippen LogP contribution in [0.15, 0.2) is 23.1 Å². The van der Waals surface area contributed by atoms with E-state index < -0.39 is 10.0 Å². The van der Waals surface area contributed by atoms with Crippen molar-refractivity contribution < 1.29 is 8.42 Å². The molecule has 0 saturated heterocycles. The number of hydrogen-bond acceptors (Lipinski definition) is 3. The van der Waals surface area contributed by atoms with Gasteiger partial charge >= 0.3 is 0 Å². The molecule has 0 unspecified atom stereocenters. The molecule has 0 aromatic heterocycles. The van der Waals surface area contributed by atoms with E-state index in [1.807, 2.05) is 26.0 Å². The smallest absolute Gasteiger partial charge is 0.246 e. The minimum Gasteiger partial charge on any atom is -0.370 e. The van der Waals surface area contributed by atoms with Gasteiger partial charge in [-0.3, -0.25) is 0 Å². The average Bonchev–Trinajstić information content (AvgIpc) is 2.23. The fourth-order valence-electron chi connectivity index (χ4n) is 1.71. The van der Waals surface area contributed by atoms with Crippen LogP contribution >= 0.6 is 0 Å². The third kappa shape index (κ3) is 1.70. The summed E-state index contributed by atoms with van der Waals surface area (Å²) in [5, 5.41) is 3.08. The van der Waals surface area contributed by atoms with Crippen molar-refractivity contribution >= 4 is 15.7 Å². The Hall–Kier alpha value is -1.07. The molecular formula is C11H16N2O2S. The summed E-state index contributed by atoms with van der Waals surface area (Å²) in [6.07, 6.45) is 0. The third-order valence-corrected chi connectivity index (χ3v) is 4.70. The van der Waals surface area contributed by atoms with Crippen molar-refractivity contribution in [3.8, 4) is 0 Å². The quantitative estimate of drug-likeness (QED) is 0.814. The highest BCUT2D eigenvalue weighted by atomic mass is 32.2. The molecule has 0 amide bonds. The maximum atomic E-state index is 12.1. The molecule has 0 bridgehead atoms. The van der Waals surface area contributed by atoms with Crippen molar-refractivity contribution in [3.63, 3.8) is 0 Å². The van der Waals surface area contributed by atoms with Crippen LogP contribution in [0.4, 0.5) is 5.69 Å². The lowest BCUT2D eigenvalue weighted by atomic mass is 10.0. The Kier molecular flexibility index (Phi) is 2.67. The first-order chi connectivity index (χ1) is 7.43. The van der Waals surface area contributed by atoms with Crippen LogP contribution in [0.25, 0.3) is 0 Å². The zero-order valence-corrected chi connectivity index (χ0v) is 10.5. The van der Waals surface area contributed by atoms with E-state index in [-0.39, 0.29) is 0 Å². The lowest BCUT2D eigenvalue weighted by Crippen LogP contribution is -2.36. The summed E-state index contributed by atoms with van der Waals surface area (Å²) in [5.41, 5.74) is 1.74. The molecule has 1 aliphatic rings. The summed E-state index contributed by atoms with van der Waals surface area (Å²) in [7, 11) is -1.73. The Morgan fingerprint density at radius 3 is 2.69 bits per heavy atom. The van der Waals surface area contributed by atoms with Crippen molar-refractivity contribution in [2.24, 2.45) is 0 Å². The molecule has 1 aromatic rings. The molecule has 16 heavy (non-hydrogen) atoms. The lowest BCUT2D eigenvalue weighted by Gasteiger charge is -2.26. The third-order valence-electron chi connectivity index (χ3n) is 2.85. The highest BCUT2D eigenvalue weighted by Gasteiger charge is 2.28. The fraction of sp³-hybridized carbons (Fsp3) is 0.455.